The third kappa shape index (κ3) is 6.46. The van der Waals surface area contributed by atoms with Gasteiger partial charge in [0, 0.05) is 31.8 Å². The Bertz CT molecular complexity index is 757. The number of urea groups is 1. The lowest BCUT2D eigenvalue weighted by Gasteiger charge is -2.26. The quantitative estimate of drug-likeness (QED) is 0.704. The second kappa shape index (κ2) is 9.78. The Balaban J connectivity index is 1.39. The standard InChI is InChI=1S/C22H27N3O2/c23-22(26)24-20-12-14-25(15-13-20)17-19-8-10-21(11-9-19)27-16-4-7-18-5-2-1-3-6-18/h1-3,5-6,8-12H,4,7,13-17H2,(H3,23,24,26). The molecule has 0 saturated carbocycles. The van der Waals surface area contributed by atoms with Gasteiger partial charge in [0.1, 0.15) is 5.75 Å². The first-order chi connectivity index (χ1) is 13.2. The maximum Gasteiger partial charge on any atom is 0.316 e. The van der Waals surface area contributed by atoms with Crippen LogP contribution in [0.15, 0.2) is 66.4 Å². The van der Waals surface area contributed by atoms with Crippen LogP contribution in [0.4, 0.5) is 4.79 Å². The third-order valence-corrected chi connectivity index (χ3v) is 4.63. The summed E-state index contributed by atoms with van der Waals surface area (Å²) < 4.78 is 5.85. The number of hydrogen-bond acceptors (Lipinski definition) is 3. The Labute approximate surface area is 160 Å². The van der Waals surface area contributed by atoms with Crippen LogP contribution in [0.25, 0.3) is 0 Å². The SMILES string of the molecule is NC(=O)NC1=CCN(Cc2ccc(OCCCc3ccccc3)cc2)CC1. The molecule has 0 atom stereocenters. The first-order valence-electron chi connectivity index (χ1n) is 9.42. The Kier molecular flexibility index (Phi) is 6.88. The minimum Gasteiger partial charge on any atom is -0.494 e. The Morgan fingerprint density at radius 1 is 1.07 bits per heavy atom. The molecular weight excluding hydrogens is 338 g/mol. The van der Waals surface area contributed by atoms with Gasteiger partial charge in [-0.2, -0.15) is 0 Å². The lowest BCUT2D eigenvalue weighted by Crippen LogP contribution is -2.35. The molecule has 0 saturated heterocycles. The summed E-state index contributed by atoms with van der Waals surface area (Å²) in [6.07, 6.45) is 4.88. The lowest BCUT2D eigenvalue weighted by atomic mass is 10.1. The number of nitrogens with one attached hydrogen (secondary N) is 1. The van der Waals surface area contributed by atoms with Crippen molar-refractivity contribution in [2.24, 2.45) is 5.73 Å². The van der Waals surface area contributed by atoms with E-state index >= 15 is 0 Å². The first-order valence-corrected chi connectivity index (χ1v) is 9.42. The minimum atomic E-state index is -0.492. The first kappa shape index (κ1) is 19.0. The van der Waals surface area contributed by atoms with E-state index < -0.39 is 6.03 Å². The Morgan fingerprint density at radius 3 is 2.52 bits per heavy atom. The van der Waals surface area contributed by atoms with E-state index in [0.29, 0.717) is 0 Å². The smallest absolute Gasteiger partial charge is 0.316 e. The molecule has 5 nitrogen and oxygen atoms in total. The normalized spacial score (nSPS) is 14.4. The van der Waals surface area contributed by atoms with Gasteiger partial charge in [-0.25, -0.2) is 4.79 Å². The molecule has 0 spiro atoms. The van der Waals surface area contributed by atoms with Crippen LogP contribution in [0.1, 0.15) is 24.0 Å². The van der Waals surface area contributed by atoms with E-state index in [2.05, 4.69) is 46.6 Å². The third-order valence-electron chi connectivity index (χ3n) is 4.63. The largest absolute Gasteiger partial charge is 0.494 e. The molecule has 1 aliphatic heterocycles. The number of nitrogens with two attached hydrogens (primary N) is 1. The fourth-order valence-electron chi connectivity index (χ4n) is 3.19. The lowest BCUT2D eigenvalue weighted by molar-refractivity contribution is 0.248. The summed E-state index contributed by atoms with van der Waals surface area (Å²) in [5.41, 5.74) is 8.67. The number of hydrogen-bond donors (Lipinski definition) is 2. The van der Waals surface area contributed by atoms with Crippen LogP contribution < -0.4 is 15.8 Å². The van der Waals surface area contributed by atoms with Crippen molar-refractivity contribution in [1.29, 1.82) is 0 Å². The van der Waals surface area contributed by atoms with Gasteiger partial charge < -0.3 is 15.8 Å². The van der Waals surface area contributed by atoms with Gasteiger partial charge in [-0.1, -0.05) is 48.5 Å². The molecule has 0 unspecified atom stereocenters. The van der Waals surface area contributed by atoms with Crippen LogP contribution in [0.3, 0.4) is 0 Å². The molecule has 0 radical (unpaired) electrons. The van der Waals surface area contributed by atoms with Gasteiger partial charge in [0.2, 0.25) is 0 Å². The van der Waals surface area contributed by atoms with E-state index in [0.717, 1.165) is 57.0 Å². The molecule has 0 aliphatic carbocycles. The van der Waals surface area contributed by atoms with E-state index in [1.54, 1.807) is 0 Å². The van der Waals surface area contributed by atoms with Crippen molar-refractivity contribution in [3.63, 3.8) is 0 Å². The number of carbonyl (C=O) groups is 1. The van der Waals surface area contributed by atoms with Crippen molar-refractivity contribution in [2.75, 3.05) is 19.7 Å². The van der Waals surface area contributed by atoms with Crippen molar-refractivity contribution in [2.45, 2.75) is 25.8 Å². The van der Waals surface area contributed by atoms with E-state index in [1.165, 1.54) is 11.1 Å². The molecular formula is C22H27N3O2. The predicted octanol–water partition coefficient (Wildman–Crippen LogP) is 3.46. The molecule has 0 fully saturated rings. The van der Waals surface area contributed by atoms with Crippen LogP contribution in [0.2, 0.25) is 0 Å². The molecule has 5 heteroatoms. The van der Waals surface area contributed by atoms with Gasteiger partial charge in [0.05, 0.1) is 6.61 Å². The Morgan fingerprint density at radius 2 is 1.85 bits per heavy atom. The molecule has 1 heterocycles. The molecule has 27 heavy (non-hydrogen) atoms. The second-order valence-electron chi connectivity index (χ2n) is 6.79. The molecule has 2 aromatic carbocycles. The summed E-state index contributed by atoms with van der Waals surface area (Å²) in [4.78, 5) is 13.2. The molecule has 3 N–H and O–H groups in total. The highest BCUT2D eigenvalue weighted by Crippen LogP contribution is 2.16. The monoisotopic (exact) mass is 365 g/mol. The van der Waals surface area contributed by atoms with Crippen molar-refractivity contribution in [3.8, 4) is 5.75 Å². The maximum atomic E-state index is 10.9. The highest BCUT2D eigenvalue weighted by atomic mass is 16.5. The zero-order valence-electron chi connectivity index (χ0n) is 15.6. The molecule has 2 aromatic rings. The van der Waals surface area contributed by atoms with Crippen molar-refractivity contribution >= 4 is 6.03 Å². The zero-order valence-corrected chi connectivity index (χ0v) is 15.6. The highest BCUT2D eigenvalue weighted by molar-refractivity contribution is 5.73. The number of benzene rings is 2. The summed E-state index contributed by atoms with van der Waals surface area (Å²) >= 11 is 0. The predicted molar refractivity (Wildman–Crippen MR) is 107 cm³/mol. The fraction of sp³-hybridized carbons (Fsp3) is 0.318. The average Bonchev–Trinajstić information content (AvgIpc) is 2.68. The van der Waals surface area contributed by atoms with Gasteiger partial charge in [-0.3, -0.25) is 4.90 Å². The second-order valence-corrected chi connectivity index (χ2v) is 6.79. The van der Waals surface area contributed by atoms with Gasteiger partial charge >= 0.3 is 6.03 Å². The van der Waals surface area contributed by atoms with Crippen molar-refractivity contribution < 1.29 is 9.53 Å². The minimum absolute atomic E-state index is 0.492. The molecule has 2 amide bonds. The number of amides is 2. The van der Waals surface area contributed by atoms with Gasteiger partial charge in [0.25, 0.3) is 0 Å². The number of ether oxygens (including phenoxy) is 1. The molecule has 142 valence electrons. The van der Waals surface area contributed by atoms with Crippen LogP contribution >= 0.6 is 0 Å². The van der Waals surface area contributed by atoms with Crippen LogP contribution in [-0.4, -0.2) is 30.6 Å². The van der Waals surface area contributed by atoms with Crippen LogP contribution in [0, 0.1) is 0 Å². The van der Waals surface area contributed by atoms with Crippen molar-refractivity contribution in [3.05, 3.63) is 77.5 Å². The highest BCUT2D eigenvalue weighted by Gasteiger charge is 2.12. The summed E-state index contributed by atoms with van der Waals surface area (Å²) in [5, 5.41) is 2.67. The van der Waals surface area contributed by atoms with E-state index in [-0.39, 0.29) is 0 Å². The van der Waals surface area contributed by atoms with Crippen molar-refractivity contribution in [1.82, 2.24) is 10.2 Å². The zero-order chi connectivity index (χ0) is 18.9. The number of aryl methyl sites for hydroxylation is 1. The molecule has 0 bridgehead atoms. The number of rotatable bonds is 8. The van der Waals surface area contributed by atoms with Gasteiger partial charge in [-0.15, -0.1) is 0 Å². The van der Waals surface area contributed by atoms with E-state index in [9.17, 15) is 4.79 Å². The summed E-state index contributed by atoms with van der Waals surface area (Å²) in [5.74, 6) is 0.915. The van der Waals surface area contributed by atoms with Gasteiger partial charge in [-0.05, 0) is 36.1 Å². The summed E-state index contributed by atoms with van der Waals surface area (Å²) in [6, 6.07) is 18.3. The Hall–Kier alpha value is -2.79. The number of primary amides is 1. The number of carbonyl (C=O) groups excluding carboxylic acids is 1. The fourth-order valence-corrected chi connectivity index (χ4v) is 3.19. The van der Waals surface area contributed by atoms with Crippen LogP contribution in [-0.2, 0) is 13.0 Å². The van der Waals surface area contributed by atoms with Gasteiger partial charge in [0.15, 0.2) is 0 Å². The molecule has 1 aliphatic rings. The topological polar surface area (TPSA) is 67.6 Å². The average molecular weight is 365 g/mol. The summed E-state index contributed by atoms with van der Waals surface area (Å²) in [6.45, 7) is 3.33. The molecule has 3 rings (SSSR count). The molecule has 0 aromatic heterocycles. The summed E-state index contributed by atoms with van der Waals surface area (Å²) in [7, 11) is 0. The van der Waals surface area contributed by atoms with E-state index in [4.69, 9.17) is 10.5 Å². The number of nitrogens with zero attached hydrogens (tertiary/aromatic N) is 1. The van der Waals surface area contributed by atoms with Crippen LogP contribution in [0.5, 0.6) is 5.75 Å². The maximum absolute atomic E-state index is 10.9. The van der Waals surface area contributed by atoms with E-state index in [1.807, 2.05) is 24.3 Å².